The van der Waals surface area contributed by atoms with Gasteiger partial charge in [-0.15, -0.1) is 0 Å². The molecule has 1 amide bonds. The number of nitrogen functional groups attached to an aromatic ring is 1. The number of nitrogens with zero attached hydrogens (tertiary/aromatic N) is 2. The monoisotopic (exact) mass is 281 g/mol. The molecule has 0 aromatic carbocycles. The number of amides is 1. The molecule has 0 saturated heterocycles. The first-order chi connectivity index (χ1) is 9.58. The van der Waals surface area contributed by atoms with Crippen molar-refractivity contribution >= 4 is 11.7 Å². The first kappa shape index (κ1) is 16.4. The molecule has 1 aromatic heterocycles. The van der Waals surface area contributed by atoms with Crippen molar-refractivity contribution < 1.29 is 14.3 Å². The fraction of sp³-hybridized carbons (Fsp3) is 0.571. The summed E-state index contributed by atoms with van der Waals surface area (Å²) in [5.74, 6) is 0.298. The third-order valence-corrected chi connectivity index (χ3v) is 2.85. The maximum absolute atomic E-state index is 12.5. The maximum atomic E-state index is 12.5. The Labute approximate surface area is 119 Å². The van der Waals surface area contributed by atoms with Crippen LogP contribution in [0.1, 0.15) is 22.5 Å². The third kappa shape index (κ3) is 5.14. The van der Waals surface area contributed by atoms with Crippen LogP contribution in [0.3, 0.4) is 0 Å². The highest BCUT2D eigenvalue weighted by atomic mass is 16.5. The number of aryl methyl sites for hydroxylation is 1. The normalized spacial score (nSPS) is 10.6. The van der Waals surface area contributed by atoms with Gasteiger partial charge in [0.15, 0.2) is 0 Å². The number of ether oxygens (including phenoxy) is 2. The van der Waals surface area contributed by atoms with Gasteiger partial charge in [0, 0.05) is 45.2 Å². The van der Waals surface area contributed by atoms with E-state index >= 15 is 0 Å². The molecule has 0 aliphatic carbocycles. The van der Waals surface area contributed by atoms with Gasteiger partial charge in [-0.05, 0) is 25.5 Å². The summed E-state index contributed by atoms with van der Waals surface area (Å²) in [5.41, 5.74) is 6.98. The van der Waals surface area contributed by atoms with Gasteiger partial charge < -0.3 is 20.1 Å². The molecule has 6 nitrogen and oxygen atoms in total. The Kier molecular flexibility index (Phi) is 6.97. The molecule has 0 spiro atoms. The average molecular weight is 281 g/mol. The van der Waals surface area contributed by atoms with E-state index in [1.54, 1.807) is 31.3 Å². The fourth-order valence-corrected chi connectivity index (χ4v) is 1.92. The lowest BCUT2D eigenvalue weighted by Gasteiger charge is -2.22. The van der Waals surface area contributed by atoms with Crippen molar-refractivity contribution in [2.75, 3.05) is 46.3 Å². The SMILES string of the molecule is COCCCN(CCOC)C(=O)c1cc(C)nc(N)c1. The topological polar surface area (TPSA) is 77.7 Å². The average Bonchev–Trinajstić information content (AvgIpc) is 2.41. The summed E-state index contributed by atoms with van der Waals surface area (Å²) in [7, 11) is 3.26. The van der Waals surface area contributed by atoms with E-state index in [0.717, 1.165) is 12.1 Å². The Bertz CT molecular complexity index is 417. The smallest absolute Gasteiger partial charge is 0.254 e. The minimum absolute atomic E-state index is 0.0599. The molecule has 0 aliphatic rings. The summed E-state index contributed by atoms with van der Waals surface area (Å²) < 4.78 is 10.1. The highest BCUT2D eigenvalue weighted by molar-refractivity contribution is 5.95. The number of carbonyl (C=O) groups excluding carboxylic acids is 1. The molecule has 20 heavy (non-hydrogen) atoms. The van der Waals surface area contributed by atoms with Crippen LogP contribution in [0, 0.1) is 6.92 Å². The molecule has 112 valence electrons. The second kappa shape index (κ2) is 8.50. The fourth-order valence-electron chi connectivity index (χ4n) is 1.92. The molecular formula is C14H23N3O3. The Morgan fingerprint density at radius 3 is 2.55 bits per heavy atom. The molecule has 0 aliphatic heterocycles. The first-order valence-electron chi connectivity index (χ1n) is 6.59. The molecule has 1 aromatic rings. The number of methoxy groups -OCH3 is 2. The standard InChI is InChI=1S/C14H23N3O3/c1-11-9-12(10-13(15)16-11)14(18)17(6-8-20-3)5-4-7-19-2/h9-10H,4-8H2,1-3H3,(H2,15,16). The van der Waals surface area contributed by atoms with E-state index < -0.39 is 0 Å². The van der Waals surface area contributed by atoms with Crippen LogP contribution in [0.5, 0.6) is 0 Å². The zero-order valence-electron chi connectivity index (χ0n) is 12.4. The number of aromatic nitrogens is 1. The van der Waals surface area contributed by atoms with Gasteiger partial charge in [0.25, 0.3) is 5.91 Å². The van der Waals surface area contributed by atoms with Crippen LogP contribution in [0.2, 0.25) is 0 Å². The summed E-state index contributed by atoms with van der Waals surface area (Å²) in [6.07, 6.45) is 0.783. The van der Waals surface area contributed by atoms with Crippen LogP contribution in [0.4, 0.5) is 5.82 Å². The molecule has 1 rings (SSSR count). The van der Waals surface area contributed by atoms with E-state index in [1.165, 1.54) is 0 Å². The molecule has 0 bridgehead atoms. The van der Waals surface area contributed by atoms with Crippen molar-refractivity contribution in [1.82, 2.24) is 9.88 Å². The van der Waals surface area contributed by atoms with E-state index in [9.17, 15) is 4.79 Å². The summed E-state index contributed by atoms with van der Waals surface area (Å²) in [4.78, 5) is 18.3. The zero-order valence-corrected chi connectivity index (χ0v) is 12.4. The predicted octanol–water partition coefficient (Wildman–Crippen LogP) is 1.10. The lowest BCUT2D eigenvalue weighted by atomic mass is 10.2. The number of rotatable bonds is 8. The van der Waals surface area contributed by atoms with E-state index in [-0.39, 0.29) is 5.91 Å². The number of anilines is 1. The van der Waals surface area contributed by atoms with Gasteiger partial charge in [0.05, 0.1) is 6.61 Å². The largest absolute Gasteiger partial charge is 0.385 e. The molecule has 0 fully saturated rings. The van der Waals surface area contributed by atoms with Crippen molar-refractivity contribution in [1.29, 1.82) is 0 Å². The van der Waals surface area contributed by atoms with Gasteiger partial charge in [-0.1, -0.05) is 0 Å². The highest BCUT2D eigenvalue weighted by Gasteiger charge is 2.16. The summed E-state index contributed by atoms with van der Waals surface area (Å²) in [6, 6.07) is 3.35. The minimum Gasteiger partial charge on any atom is -0.385 e. The minimum atomic E-state index is -0.0599. The molecule has 6 heteroatoms. The quantitative estimate of drug-likeness (QED) is 0.722. The zero-order chi connectivity index (χ0) is 15.0. The number of hydrogen-bond acceptors (Lipinski definition) is 5. The van der Waals surface area contributed by atoms with Crippen molar-refractivity contribution in [2.24, 2.45) is 0 Å². The molecular weight excluding hydrogens is 258 g/mol. The molecule has 1 heterocycles. The number of hydrogen-bond donors (Lipinski definition) is 1. The van der Waals surface area contributed by atoms with E-state index in [4.69, 9.17) is 15.2 Å². The van der Waals surface area contributed by atoms with Gasteiger partial charge in [0.1, 0.15) is 5.82 Å². The second-order valence-corrected chi connectivity index (χ2v) is 4.55. The maximum Gasteiger partial charge on any atom is 0.254 e. The third-order valence-electron chi connectivity index (χ3n) is 2.85. The van der Waals surface area contributed by atoms with Crippen LogP contribution in [-0.2, 0) is 9.47 Å². The Morgan fingerprint density at radius 2 is 1.95 bits per heavy atom. The van der Waals surface area contributed by atoms with Crippen molar-refractivity contribution in [3.05, 3.63) is 23.4 Å². The summed E-state index contributed by atoms with van der Waals surface area (Å²) in [5, 5.41) is 0. The number of pyridine rings is 1. The summed E-state index contributed by atoms with van der Waals surface area (Å²) >= 11 is 0. The van der Waals surface area contributed by atoms with Crippen LogP contribution in [-0.4, -0.2) is 56.3 Å². The van der Waals surface area contributed by atoms with Crippen molar-refractivity contribution in [3.63, 3.8) is 0 Å². The van der Waals surface area contributed by atoms with Crippen LogP contribution in [0.25, 0.3) is 0 Å². The molecule has 0 saturated carbocycles. The molecule has 2 N–H and O–H groups in total. The second-order valence-electron chi connectivity index (χ2n) is 4.55. The van der Waals surface area contributed by atoms with E-state index in [2.05, 4.69) is 4.98 Å². The van der Waals surface area contributed by atoms with Crippen LogP contribution < -0.4 is 5.73 Å². The molecule has 0 atom stereocenters. The molecule has 0 unspecified atom stereocenters. The lowest BCUT2D eigenvalue weighted by molar-refractivity contribution is 0.0674. The predicted molar refractivity (Wildman–Crippen MR) is 77.7 cm³/mol. The first-order valence-corrected chi connectivity index (χ1v) is 6.59. The van der Waals surface area contributed by atoms with Crippen molar-refractivity contribution in [3.8, 4) is 0 Å². The Morgan fingerprint density at radius 1 is 1.25 bits per heavy atom. The van der Waals surface area contributed by atoms with Crippen molar-refractivity contribution in [2.45, 2.75) is 13.3 Å². The Balaban J connectivity index is 2.79. The summed E-state index contributed by atoms with van der Waals surface area (Å²) in [6.45, 7) is 4.10. The van der Waals surface area contributed by atoms with Gasteiger partial charge in [0.2, 0.25) is 0 Å². The molecule has 0 radical (unpaired) electrons. The van der Waals surface area contributed by atoms with Crippen LogP contribution in [0.15, 0.2) is 12.1 Å². The Hall–Kier alpha value is -1.66. The van der Waals surface area contributed by atoms with Gasteiger partial charge >= 0.3 is 0 Å². The number of carbonyl (C=O) groups is 1. The van der Waals surface area contributed by atoms with E-state index in [0.29, 0.717) is 37.7 Å². The van der Waals surface area contributed by atoms with Gasteiger partial charge in [-0.3, -0.25) is 4.79 Å². The van der Waals surface area contributed by atoms with E-state index in [1.807, 2.05) is 6.92 Å². The van der Waals surface area contributed by atoms with Gasteiger partial charge in [-0.25, -0.2) is 4.98 Å². The highest BCUT2D eigenvalue weighted by Crippen LogP contribution is 2.11. The lowest BCUT2D eigenvalue weighted by Crippen LogP contribution is -2.35. The van der Waals surface area contributed by atoms with Crippen LogP contribution >= 0.6 is 0 Å². The number of nitrogens with two attached hydrogens (primary N) is 1. The van der Waals surface area contributed by atoms with Gasteiger partial charge in [-0.2, -0.15) is 0 Å².